The van der Waals surface area contributed by atoms with Crippen LogP contribution in [0.4, 0.5) is 0 Å². The molecule has 1 aliphatic carbocycles. The van der Waals surface area contributed by atoms with Gasteiger partial charge in [0.25, 0.3) is 0 Å². The van der Waals surface area contributed by atoms with Gasteiger partial charge in [-0.2, -0.15) is 0 Å². The van der Waals surface area contributed by atoms with Gasteiger partial charge in [0.15, 0.2) is 0 Å². The minimum atomic E-state index is 0.177. The number of H-pyrrole nitrogens is 1. The number of hydrogen-bond donors (Lipinski definition) is 1. The lowest BCUT2D eigenvalue weighted by Gasteiger charge is -2.43. The highest BCUT2D eigenvalue weighted by Crippen LogP contribution is 2.43. The van der Waals surface area contributed by atoms with E-state index in [0.717, 1.165) is 12.0 Å². The summed E-state index contributed by atoms with van der Waals surface area (Å²) < 4.78 is 0. The van der Waals surface area contributed by atoms with E-state index in [4.69, 9.17) is 0 Å². The number of aromatic nitrogens is 1. The van der Waals surface area contributed by atoms with E-state index in [0.29, 0.717) is 12.0 Å². The summed E-state index contributed by atoms with van der Waals surface area (Å²) in [5, 5.41) is 1.43. The number of likely N-dealkylation sites (N-methyl/N-ethyl adjacent to an activating group) is 1. The Balaban J connectivity index is 1.56. The van der Waals surface area contributed by atoms with Crippen molar-refractivity contribution in [3.63, 3.8) is 0 Å². The molecule has 1 N–H and O–H groups in total. The highest BCUT2D eigenvalue weighted by Gasteiger charge is 2.38. The zero-order valence-electron chi connectivity index (χ0n) is 15.2. The first-order valence-corrected chi connectivity index (χ1v) is 9.28. The van der Waals surface area contributed by atoms with Gasteiger partial charge in [-0.05, 0) is 55.3 Å². The molecule has 26 heavy (non-hydrogen) atoms. The summed E-state index contributed by atoms with van der Waals surface area (Å²) in [7, 11) is 2.23. The van der Waals surface area contributed by atoms with Crippen molar-refractivity contribution >= 4 is 10.9 Å². The van der Waals surface area contributed by atoms with E-state index in [2.05, 4.69) is 78.3 Å². The quantitative estimate of drug-likeness (QED) is 0.473. The molecule has 0 bridgehead atoms. The average Bonchev–Trinajstić information content (AvgIpc) is 3.08. The molecular weight excluding hydrogens is 316 g/mol. The zero-order chi connectivity index (χ0) is 17.7. The summed E-state index contributed by atoms with van der Waals surface area (Å²) in [5.41, 5.74) is 6.59. The monoisotopic (exact) mass is 338 g/mol. The van der Waals surface area contributed by atoms with E-state index in [1.807, 2.05) is 18.2 Å². The molecule has 0 radical (unpaired) electrons. The van der Waals surface area contributed by atoms with Gasteiger partial charge in [-0.25, -0.2) is 0 Å². The number of aromatic amines is 1. The van der Waals surface area contributed by atoms with E-state index < -0.39 is 0 Å². The summed E-state index contributed by atoms with van der Waals surface area (Å²) in [5.74, 6) is 7.32. The van der Waals surface area contributed by atoms with Gasteiger partial charge in [0.2, 0.25) is 0 Å². The van der Waals surface area contributed by atoms with Crippen LogP contribution < -0.4 is 0 Å². The third-order valence-corrected chi connectivity index (χ3v) is 5.95. The van der Waals surface area contributed by atoms with Crippen LogP contribution in [0.15, 0.2) is 66.4 Å². The lowest BCUT2D eigenvalue weighted by molar-refractivity contribution is 0.192. The second kappa shape index (κ2) is 5.90. The number of fused-ring (bicyclic) bond motifs is 2. The Morgan fingerprint density at radius 1 is 1.08 bits per heavy atom. The van der Waals surface area contributed by atoms with Crippen LogP contribution in [-0.2, 0) is 6.42 Å². The van der Waals surface area contributed by atoms with E-state index in [1.165, 1.54) is 27.6 Å². The fraction of sp³-hybridized carbons (Fsp3) is 0.250. The molecule has 0 amide bonds. The van der Waals surface area contributed by atoms with Crippen molar-refractivity contribution in [2.24, 2.45) is 0 Å². The van der Waals surface area contributed by atoms with Crippen molar-refractivity contribution < 1.29 is 0 Å². The maximum absolute atomic E-state index is 3.51. The molecule has 2 heteroatoms. The molecule has 2 nitrogen and oxygen atoms in total. The fourth-order valence-corrected chi connectivity index (χ4v) is 4.66. The summed E-state index contributed by atoms with van der Waals surface area (Å²) in [6.45, 7) is 2.23. The van der Waals surface area contributed by atoms with Gasteiger partial charge < -0.3 is 4.98 Å². The normalized spacial score (nSPS) is 24.5. The second-order valence-electron chi connectivity index (χ2n) is 7.50. The van der Waals surface area contributed by atoms with Crippen LogP contribution in [0.25, 0.3) is 10.9 Å². The smallest absolute Gasteiger partial charge is 0.0931 e. The minimum absolute atomic E-state index is 0.177. The number of benzene rings is 2. The molecule has 1 aromatic heterocycles. The SMILES string of the molecule is CC1=C[C@@H]2c3cccc4[nH]cc(c34)C[C@H]2N(C)C1C#Cc1ccccc1. The third-order valence-electron chi connectivity index (χ3n) is 5.95. The topological polar surface area (TPSA) is 19.0 Å². The predicted octanol–water partition coefficient (Wildman–Crippen LogP) is 4.49. The van der Waals surface area contributed by atoms with Gasteiger partial charge in [0.1, 0.15) is 0 Å². The van der Waals surface area contributed by atoms with Gasteiger partial charge in [0.05, 0.1) is 6.04 Å². The van der Waals surface area contributed by atoms with Crippen molar-refractivity contribution in [1.29, 1.82) is 0 Å². The molecule has 3 atom stereocenters. The lowest BCUT2D eigenvalue weighted by atomic mass is 9.75. The number of nitrogens with one attached hydrogen (secondary N) is 1. The summed E-state index contributed by atoms with van der Waals surface area (Å²) in [6, 6.07) is 17.6. The predicted molar refractivity (Wildman–Crippen MR) is 107 cm³/mol. The van der Waals surface area contributed by atoms with Crippen LogP contribution in [0.5, 0.6) is 0 Å². The highest BCUT2D eigenvalue weighted by molar-refractivity contribution is 5.88. The Kier molecular flexibility index (Phi) is 3.51. The van der Waals surface area contributed by atoms with Crippen LogP contribution in [0.3, 0.4) is 0 Å². The Hall–Kier alpha value is -2.76. The second-order valence-corrected chi connectivity index (χ2v) is 7.50. The molecule has 3 aromatic rings. The minimum Gasteiger partial charge on any atom is -0.361 e. The van der Waals surface area contributed by atoms with Gasteiger partial charge in [-0.3, -0.25) is 4.90 Å². The van der Waals surface area contributed by atoms with E-state index >= 15 is 0 Å². The van der Waals surface area contributed by atoms with Gasteiger partial charge in [0, 0.05) is 34.6 Å². The number of rotatable bonds is 0. The molecular formula is C24H22N2. The molecule has 0 saturated heterocycles. The van der Waals surface area contributed by atoms with Gasteiger partial charge in [-0.1, -0.05) is 48.2 Å². The first-order valence-electron chi connectivity index (χ1n) is 9.28. The first-order chi connectivity index (χ1) is 12.7. The standard InChI is InChI=1S/C24H22N2/c1-16-13-20-19-9-6-10-21-24(19)18(15-25-21)14-23(20)26(2)22(16)12-11-17-7-4-3-5-8-17/h3-10,13,15,20,22-23,25H,14H2,1-2H3/t20-,22?,23-/m1/s1. The Labute approximate surface area is 154 Å². The Morgan fingerprint density at radius 2 is 1.92 bits per heavy atom. The Bertz CT molecular complexity index is 1060. The maximum Gasteiger partial charge on any atom is 0.0931 e. The van der Waals surface area contributed by atoms with Crippen molar-refractivity contribution in [2.45, 2.75) is 31.3 Å². The lowest BCUT2D eigenvalue weighted by Crippen LogP contribution is -2.48. The highest BCUT2D eigenvalue weighted by atomic mass is 15.2. The zero-order valence-corrected chi connectivity index (χ0v) is 15.2. The molecule has 0 spiro atoms. The van der Waals surface area contributed by atoms with Gasteiger partial charge in [-0.15, -0.1) is 0 Å². The molecule has 128 valence electrons. The van der Waals surface area contributed by atoms with Crippen molar-refractivity contribution in [1.82, 2.24) is 9.88 Å². The third kappa shape index (κ3) is 2.32. The van der Waals surface area contributed by atoms with Crippen molar-refractivity contribution in [3.8, 4) is 11.8 Å². The van der Waals surface area contributed by atoms with E-state index in [1.54, 1.807) is 0 Å². The van der Waals surface area contributed by atoms with Crippen LogP contribution in [-0.4, -0.2) is 29.0 Å². The Morgan fingerprint density at radius 3 is 2.77 bits per heavy atom. The summed E-state index contributed by atoms with van der Waals surface area (Å²) >= 11 is 0. The average molecular weight is 338 g/mol. The van der Waals surface area contributed by atoms with Crippen molar-refractivity contribution in [2.75, 3.05) is 7.05 Å². The van der Waals surface area contributed by atoms with E-state index in [9.17, 15) is 0 Å². The summed E-state index contributed by atoms with van der Waals surface area (Å²) in [6.07, 6.45) is 5.72. The fourth-order valence-electron chi connectivity index (χ4n) is 4.66. The van der Waals surface area contributed by atoms with Crippen LogP contribution in [0, 0.1) is 11.8 Å². The molecule has 5 rings (SSSR count). The van der Waals surface area contributed by atoms with Gasteiger partial charge >= 0.3 is 0 Å². The molecule has 1 aliphatic heterocycles. The van der Waals surface area contributed by atoms with Crippen LogP contribution in [0.2, 0.25) is 0 Å². The summed E-state index contributed by atoms with van der Waals surface area (Å²) in [4.78, 5) is 5.92. The molecule has 2 aromatic carbocycles. The first kappa shape index (κ1) is 15.5. The molecule has 0 fully saturated rings. The van der Waals surface area contributed by atoms with Crippen molar-refractivity contribution in [3.05, 3.63) is 83.1 Å². The van der Waals surface area contributed by atoms with Crippen LogP contribution >= 0.6 is 0 Å². The molecule has 2 aliphatic rings. The molecule has 1 unspecified atom stereocenters. The maximum atomic E-state index is 3.51. The largest absolute Gasteiger partial charge is 0.361 e. The van der Waals surface area contributed by atoms with Crippen LogP contribution in [0.1, 0.15) is 29.5 Å². The molecule has 0 saturated carbocycles. The molecule has 2 heterocycles. The number of nitrogens with zero attached hydrogens (tertiary/aromatic N) is 1. The van der Waals surface area contributed by atoms with E-state index in [-0.39, 0.29) is 6.04 Å². The number of hydrogen-bond acceptors (Lipinski definition) is 1.